The molecule has 0 fully saturated rings. The number of thiophene rings is 1. The van der Waals surface area contributed by atoms with Gasteiger partial charge in [-0.1, -0.05) is 48.2 Å². The lowest BCUT2D eigenvalue weighted by Crippen LogP contribution is -2.23. The van der Waals surface area contributed by atoms with E-state index in [1.54, 1.807) is 4.57 Å². The molecule has 2 heterocycles. The van der Waals surface area contributed by atoms with Crippen molar-refractivity contribution < 1.29 is 4.79 Å². The summed E-state index contributed by atoms with van der Waals surface area (Å²) in [6.07, 6.45) is 0. The molecule has 0 unspecified atom stereocenters. The van der Waals surface area contributed by atoms with Crippen molar-refractivity contribution in [1.29, 1.82) is 0 Å². The summed E-state index contributed by atoms with van der Waals surface area (Å²) in [4.78, 5) is 30.4. The zero-order valence-corrected chi connectivity index (χ0v) is 19.3. The highest BCUT2D eigenvalue weighted by atomic mass is 32.2. The van der Waals surface area contributed by atoms with Gasteiger partial charge in [0.15, 0.2) is 5.16 Å². The number of aryl methyl sites for hydroxylation is 2. The van der Waals surface area contributed by atoms with Crippen molar-refractivity contribution in [2.75, 3.05) is 11.1 Å². The van der Waals surface area contributed by atoms with E-state index in [4.69, 9.17) is 4.98 Å². The van der Waals surface area contributed by atoms with Gasteiger partial charge < -0.3 is 5.32 Å². The van der Waals surface area contributed by atoms with Gasteiger partial charge in [-0.3, -0.25) is 14.2 Å². The second-order valence-electron chi connectivity index (χ2n) is 7.27. The van der Waals surface area contributed by atoms with E-state index >= 15 is 0 Å². The number of nitrogens with zero attached hydrogens (tertiary/aromatic N) is 2. The zero-order valence-electron chi connectivity index (χ0n) is 17.6. The minimum absolute atomic E-state index is 0.0586. The number of carbonyl (C=O) groups excluding carboxylic acids is 1. The van der Waals surface area contributed by atoms with Crippen molar-refractivity contribution in [3.63, 3.8) is 0 Å². The van der Waals surface area contributed by atoms with Crippen LogP contribution in [0.3, 0.4) is 0 Å². The van der Waals surface area contributed by atoms with Gasteiger partial charge in [0, 0.05) is 23.2 Å². The Morgan fingerprint density at radius 2 is 1.90 bits per heavy atom. The van der Waals surface area contributed by atoms with Crippen molar-refractivity contribution in [1.82, 2.24) is 9.55 Å². The van der Waals surface area contributed by atoms with E-state index < -0.39 is 0 Å². The second-order valence-corrected chi connectivity index (χ2v) is 9.09. The first kappa shape index (κ1) is 21.3. The number of hydrogen-bond donors (Lipinski definition) is 1. The third kappa shape index (κ3) is 4.43. The molecule has 0 saturated heterocycles. The fraction of sp³-hybridized carbons (Fsp3) is 0.208. The molecular formula is C24H23N3O2S2. The Labute approximate surface area is 189 Å². The molecule has 7 heteroatoms. The maximum absolute atomic E-state index is 13.0. The van der Waals surface area contributed by atoms with Gasteiger partial charge in [0.2, 0.25) is 5.91 Å². The molecule has 31 heavy (non-hydrogen) atoms. The standard InChI is InChI=1S/C24H23N3O2S2/c1-4-27-23(29)22-21(19(13-30-22)17-8-6-5-7-9-17)26-24(27)31-14-20(28)25-18-11-10-15(2)16(3)12-18/h5-13H,4,14H2,1-3H3,(H,25,28). The summed E-state index contributed by atoms with van der Waals surface area (Å²) in [5, 5.41) is 5.47. The normalized spacial score (nSPS) is 11.1. The summed E-state index contributed by atoms with van der Waals surface area (Å²) < 4.78 is 2.28. The van der Waals surface area contributed by atoms with Crippen LogP contribution in [0.4, 0.5) is 5.69 Å². The summed E-state index contributed by atoms with van der Waals surface area (Å²) in [5.74, 6) is 0.0502. The van der Waals surface area contributed by atoms with Crippen LogP contribution in [-0.2, 0) is 11.3 Å². The minimum Gasteiger partial charge on any atom is -0.325 e. The maximum atomic E-state index is 13.0. The smallest absolute Gasteiger partial charge is 0.272 e. The van der Waals surface area contributed by atoms with E-state index in [1.165, 1.54) is 28.7 Å². The molecule has 0 bridgehead atoms. The Hall–Kier alpha value is -2.90. The summed E-state index contributed by atoms with van der Waals surface area (Å²) in [7, 11) is 0. The van der Waals surface area contributed by atoms with Crippen LogP contribution in [0, 0.1) is 13.8 Å². The number of nitrogens with one attached hydrogen (secondary N) is 1. The molecule has 0 radical (unpaired) electrons. The van der Waals surface area contributed by atoms with Crippen LogP contribution in [0.2, 0.25) is 0 Å². The van der Waals surface area contributed by atoms with Crippen molar-refractivity contribution in [3.8, 4) is 11.1 Å². The Morgan fingerprint density at radius 3 is 2.61 bits per heavy atom. The largest absolute Gasteiger partial charge is 0.325 e. The highest BCUT2D eigenvalue weighted by molar-refractivity contribution is 7.99. The van der Waals surface area contributed by atoms with Crippen LogP contribution < -0.4 is 10.9 Å². The molecule has 1 N–H and O–H groups in total. The third-order valence-electron chi connectivity index (χ3n) is 5.17. The number of amides is 1. The van der Waals surface area contributed by atoms with E-state index in [0.29, 0.717) is 21.9 Å². The second kappa shape index (κ2) is 9.08. The summed E-state index contributed by atoms with van der Waals surface area (Å²) in [5.41, 5.74) is 5.69. The molecule has 158 valence electrons. The summed E-state index contributed by atoms with van der Waals surface area (Å²) in [6, 6.07) is 15.8. The van der Waals surface area contributed by atoms with Gasteiger partial charge in [0.25, 0.3) is 5.56 Å². The highest BCUT2D eigenvalue weighted by Gasteiger charge is 2.17. The first-order valence-electron chi connectivity index (χ1n) is 10.0. The lowest BCUT2D eigenvalue weighted by atomic mass is 10.1. The molecule has 4 aromatic rings. The molecule has 5 nitrogen and oxygen atoms in total. The molecule has 0 aliphatic rings. The monoisotopic (exact) mass is 449 g/mol. The molecule has 2 aromatic carbocycles. The average molecular weight is 450 g/mol. The van der Waals surface area contributed by atoms with Gasteiger partial charge in [-0.2, -0.15) is 0 Å². The first-order chi connectivity index (χ1) is 15.0. The van der Waals surface area contributed by atoms with Crippen LogP contribution in [0.15, 0.2) is 63.9 Å². The summed E-state index contributed by atoms with van der Waals surface area (Å²) >= 11 is 2.70. The van der Waals surface area contributed by atoms with Crippen molar-refractivity contribution in [2.24, 2.45) is 0 Å². The van der Waals surface area contributed by atoms with E-state index in [1.807, 2.05) is 74.7 Å². The van der Waals surface area contributed by atoms with Crippen LogP contribution in [0.5, 0.6) is 0 Å². The molecule has 2 aromatic heterocycles. The van der Waals surface area contributed by atoms with Crippen LogP contribution in [-0.4, -0.2) is 21.2 Å². The molecule has 0 aliphatic heterocycles. The van der Waals surface area contributed by atoms with E-state index in [2.05, 4.69) is 5.32 Å². The van der Waals surface area contributed by atoms with Gasteiger partial charge >= 0.3 is 0 Å². The fourth-order valence-electron chi connectivity index (χ4n) is 3.34. The minimum atomic E-state index is -0.126. The lowest BCUT2D eigenvalue weighted by Gasteiger charge is -2.11. The number of hydrogen-bond acceptors (Lipinski definition) is 5. The molecule has 1 amide bonds. The highest BCUT2D eigenvalue weighted by Crippen LogP contribution is 2.32. The van der Waals surface area contributed by atoms with Gasteiger partial charge in [0.05, 0.1) is 11.3 Å². The number of benzene rings is 2. The van der Waals surface area contributed by atoms with E-state index in [0.717, 1.165) is 22.4 Å². The predicted molar refractivity (Wildman–Crippen MR) is 130 cm³/mol. The lowest BCUT2D eigenvalue weighted by molar-refractivity contribution is -0.113. The number of carbonyl (C=O) groups is 1. The van der Waals surface area contributed by atoms with Gasteiger partial charge in [-0.05, 0) is 49.6 Å². The Kier molecular flexibility index (Phi) is 6.25. The zero-order chi connectivity index (χ0) is 22.0. The van der Waals surface area contributed by atoms with E-state index in [9.17, 15) is 9.59 Å². The quantitative estimate of drug-likeness (QED) is 0.312. The van der Waals surface area contributed by atoms with Crippen molar-refractivity contribution >= 4 is 44.9 Å². The number of anilines is 1. The van der Waals surface area contributed by atoms with Crippen LogP contribution in [0.25, 0.3) is 21.3 Å². The predicted octanol–water partition coefficient (Wildman–Crippen LogP) is 5.49. The van der Waals surface area contributed by atoms with Crippen LogP contribution in [0.1, 0.15) is 18.1 Å². The number of thioether (sulfide) groups is 1. The van der Waals surface area contributed by atoms with Gasteiger partial charge in [-0.25, -0.2) is 4.98 Å². The van der Waals surface area contributed by atoms with Crippen molar-refractivity contribution in [3.05, 3.63) is 75.4 Å². The topological polar surface area (TPSA) is 64.0 Å². The Bertz CT molecular complexity index is 1310. The Balaban J connectivity index is 1.61. The molecule has 0 spiro atoms. The van der Waals surface area contributed by atoms with E-state index in [-0.39, 0.29) is 17.2 Å². The van der Waals surface area contributed by atoms with Gasteiger partial charge in [-0.15, -0.1) is 11.3 Å². The fourth-order valence-corrected chi connectivity index (χ4v) is 5.16. The maximum Gasteiger partial charge on any atom is 0.272 e. The SMILES string of the molecule is CCn1c(SCC(=O)Nc2ccc(C)c(C)c2)nc2c(-c3ccccc3)csc2c1=O. The number of rotatable bonds is 6. The molecule has 4 rings (SSSR count). The molecular weight excluding hydrogens is 426 g/mol. The Morgan fingerprint density at radius 1 is 1.13 bits per heavy atom. The summed E-state index contributed by atoms with van der Waals surface area (Å²) in [6.45, 7) is 6.47. The molecule has 0 atom stereocenters. The first-order valence-corrected chi connectivity index (χ1v) is 11.9. The number of fused-ring (bicyclic) bond motifs is 1. The molecule has 0 saturated carbocycles. The molecule has 0 aliphatic carbocycles. The average Bonchev–Trinajstić information content (AvgIpc) is 3.20. The third-order valence-corrected chi connectivity index (χ3v) is 7.10. The number of aromatic nitrogens is 2. The van der Waals surface area contributed by atoms with Crippen molar-refractivity contribution in [2.45, 2.75) is 32.5 Å². The van der Waals surface area contributed by atoms with Gasteiger partial charge in [0.1, 0.15) is 4.70 Å². The van der Waals surface area contributed by atoms with Crippen LogP contribution >= 0.6 is 23.1 Å².